The monoisotopic (exact) mass is 285 g/mol. The van der Waals surface area contributed by atoms with E-state index in [9.17, 15) is 5.11 Å². The third-order valence-corrected chi connectivity index (χ3v) is 4.43. The summed E-state index contributed by atoms with van der Waals surface area (Å²) in [7, 11) is 0. The maximum Gasteiger partial charge on any atom is 0.257 e. The molecule has 21 heavy (non-hydrogen) atoms. The van der Waals surface area contributed by atoms with Crippen LogP contribution in [0.2, 0.25) is 0 Å². The molecule has 5 nitrogen and oxygen atoms in total. The van der Waals surface area contributed by atoms with Crippen LogP contribution in [0.15, 0.2) is 28.8 Å². The van der Waals surface area contributed by atoms with Gasteiger partial charge in [0.2, 0.25) is 0 Å². The van der Waals surface area contributed by atoms with Gasteiger partial charge < -0.3 is 9.63 Å². The molecule has 2 aliphatic rings. The van der Waals surface area contributed by atoms with Gasteiger partial charge in [0.05, 0.1) is 12.1 Å². The number of hydrogen-bond donors (Lipinski definition) is 1. The molecule has 1 saturated heterocycles. The number of hydrogen-bond acceptors (Lipinski definition) is 5. The second-order valence-electron chi connectivity index (χ2n) is 6.41. The Morgan fingerprint density at radius 1 is 1.38 bits per heavy atom. The number of benzene rings is 1. The average molecular weight is 285 g/mol. The van der Waals surface area contributed by atoms with Crippen LogP contribution in [0.3, 0.4) is 0 Å². The number of aliphatic hydroxyl groups is 1. The third kappa shape index (κ3) is 2.47. The Bertz CT molecular complexity index is 657. The minimum absolute atomic E-state index is 0.455. The molecule has 2 fully saturated rings. The summed E-state index contributed by atoms with van der Waals surface area (Å²) in [5.41, 5.74) is 1.67. The standard InChI is InChI=1S/C16H19N3O2/c1-11-3-2-4-12(7-11)15-17-14(18-21-15)8-19-9-16(20,10-19)13-5-6-13/h2-4,7,13,20H,5-6,8-10H2,1H3. The first-order chi connectivity index (χ1) is 10.1. The van der Waals surface area contributed by atoms with Gasteiger partial charge in [0.1, 0.15) is 0 Å². The molecule has 1 aromatic carbocycles. The molecule has 0 atom stereocenters. The van der Waals surface area contributed by atoms with Gasteiger partial charge in [-0.05, 0) is 37.8 Å². The van der Waals surface area contributed by atoms with Crippen LogP contribution in [0.25, 0.3) is 11.5 Å². The molecular weight excluding hydrogens is 266 g/mol. The average Bonchev–Trinajstić information content (AvgIpc) is 3.18. The smallest absolute Gasteiger partial charge is 0.257 e. The lowest BCUT2D eigenvalue weighted by Gasteiger charge is -2.46. The van der Waals surface area contributed by atoms with E-state index in [2.05, 4.69) is 15.0 Å². The second-order valence-corrected chi connectivity index (χ2v) is 6.41. The minimum atomic E-state index is -0.455. The molecule has 0 spiro atoms. The SMILES string of the molecule is Cc1cccc(-c2nc(CN3CC(O)(C4CC4)C3)no2)c1. The van der Waals surface area contributed by atoms with Gasteiger partial charge in [-0.2, -0.15) is 4.98 Å². The van der Waals surface area contributed by atoms with E-state index in [4.69, 9.17) is 4.52 Å². The van der Waals surface area contributed by atoms with Crippen LogP contribution < -0.4 is 0 Å². The number of aryl methyl sites for hydroxylation is 1. The maximum absolute atomic E-state index is 10.3. The van der Waals surface area contributed by atoms with Gasteiger partial charge in [-0.15, -0.1) is 0 Å². The summed E-state index contributed by atoms with van der Waals surface area (Å²) in [6.07, 6.45) is 2.34. The van der Waals surface area contributed by atoms with Gasteiger partial charge in [-0.1, -0.05) is 22.9 Å². The lowest BCUT2D eigenvalue weighted by atomic mass is 9.89. The lowest BCUT2D eigenvalue weighted by Crippen LogP contribution is -2.62. The largest absolute Gasteiger partial charge is 0.387 e. The Morgan fingerprint density at radius 2 is 2.19 bits per heavy atom. The zero-order chi connectivity index (χ0) is 14.4. The Balaban J connectivity index is 1.41. The zero-order valence-corrected chi connectivity index (χ0v) is 12.1. The third-order valence-electron chi connectivity index (χ3n) is 4.43. The van der Waals surface area contributed by atoms with Gasteiger partial charge in [0.15, 0.2) is 5.82 Å². The first kappa shape index (κ1) is 13.0. The predicted octanol–water partition coefficient (Wildman–Crippen LogP) is 2.00. The van der Waals surface area contributed by atoms with E-state index in [1.54, 1.807) is 0 Å². The van der Waals surface area contributed by atoms with Crippen LogP contribution in [0, 0.1) is 12.8 Å². The fourth-order valence-electron chi connectivity index (χ4n) is 3.13. The highest BCUT2D eigenvalue weighted by Crippen LogP contribution is 2.44. The van der Waals surface area contributed by atoms with Crippen LogP contribution in [-0.2, 0) is 6.54 Å². The highest BCUT2D eigenvalue weighted by molar-refractivity contribution is 5.53. The van der Waals surface area contributed by atoms with Crippen LogP contribution in [0.1, 0.15) is 24.2 Å². The van der Waals surface area contributed by atoms with E-state index in [0.717, 1.165) is 18.7 Å². The van der Waals surface area contributed by atoms with Crippen molar-refractivity contribution in [1.82, 2.24) is 15.0 Å². The molecule has 1 aliphatic heterocycles. The molecular formula is C16H19N3O2. The van der Waals surface area contributed by atoms with Crippen molar-refractivity contribution in [3.05, 3.63) is 35.7 Å². The molecule has 1 aromatic heterocycles. The summed E-state index contributed by atoms with van der Waals surface area (Å²) in [6.45, 7) is 4.14. The number of likely N-dealkylation sites (tertiary alicyclic amines) is 1. The fourth-order valence-corrected chi connectivity index (χ4v) is 3.13. The number of nitrogens with zero attached hydrogens (tertiary/aromatic N) is 3. The fraction of sp³-hybridized carbons (Fsp3) is 0.500. The molecule has 1 aliphatic carbocycles. The Labute approximate surface area is 123 Å². The summed E-state index contributed by atoms with van der Waals surface area (Å²) in [5, 5.41) is 14.3. The van der Waals surface area contributed by atoms with Crippen molar-refractivity contribution in [3.8, 4) is 11.5 Å². The molecule has 0 radical (unpaired) electrons. The van der Waals surface area contributed by atoms with Crippen LogP contribution in [0.4, 0.5) is 0 Å². The molecule has 0 unspecified atom stereocenters. The summed E-state index contributed by atoms with van der Waals surface area (Å²) in [4.78, 5) is 6.62. The van der Waals surface area contributed by atoms with Crippen LogP contribution in [0.5, 0.6) is 0 Å². The van der Waals surface area contributed by atoms with Crippen molar-refractivity contribution in [3.63, 3.8) is 0 Å². The highest BCUT2D eigenvalue weighted by atomic mass is 16.5. The lowest BCUT2D eigenvalue weighted by molar-refractivity contribution is -0.117. The quantitative estimate of drug-likeness (QED) is 0.931. The van der Waals surface area contributed by atoms with Gasteiger partial charge in [-0.25, -0.2) is 0 Å². The predicted molar refractivity (Wildman–Crippen MR) is 77.4 cm³/mol. The number of rotatable bonds is 4. The van der Waals surface area contributed by atoms with Crippen LogP contribution in [-0.4, -0.2) is 38.8 Å². The van der Waals surface area contributed by atoms with Crippen LogP contribution >= 0.6 is 0 Å². The maximum atomic E-state index is 10.3. The number of aromatic nitrogens is 2. The van der Waals surface area contributed by atoms with Gasteiger partial charge in [0, 0.05) is 18.7 Å². The first-order valence-electron chi connectivity index (χ1n) is 7.47. The highest BCUT2D eigenvalue weighted by Gasteiger charge is 2.51. The van der Waals surface area contributed by atoms with Crippen molar-refractivity contribution in [1.29, 1.82) is 0 Å². The summed E-state index contributed by atoms with van der Waals surface area (Å²) in [5.74, 6) is 1.76. The van der Waals surface area contributed by atoms with E-state index < -0.39 is 5.60 Å². The Hall–Kier alpha value is -1.72. The van der Waals surface area contributed by atoms with E-state index in [-0.39, 0.29) is 0 Å². The van der Waals surface area contributed by atoms with Crippen molar-refractivity contribution in [2.75, 3.05) is 13.1 Å². The van der Waals surface area contributed by atoms with Crippen molar-refractivity contribution < 1.29 is 9.63 Å². The van der Waals surface area contributed by atoms with Gasteiger partial charge in [-0.3, -0.25) is 4.90 Å². The first-order valence-corrected chi connectivity index (χ1v) is 7.47. The normalized spacial score (nSPS) is 21.2. The molecule has 5 heteroatoms. The van der Waals surface area contributed by atoms with Crippen molar-refractivity contribution in [2.24, 2.45) is 5.92 Å². The summed E-state index contributed by atoms with van der Waals surface area (Å²) < 4.78 is 5.34. The molecule has 1 N–H and O–H groups in total. The van der Waals surface area contributed by atoms with E-state index >= 15 is 0 Å². The molecule has 2 heterocycles. The minimum Gasteiger partial charge on any atom is -0.387 e. The topological polar surface area (TPSA) is 62.4 Å². The summed E-state index contributed by atoms with van der Waals surface area (Å²) in [6, 6.07) is 8.03. The second kappa shape index (κ2) is 4.64. The van der Waals surface area contributed by atoms with Gasteiger partial charge >= 0.3 is 0 Å². The van der Waals surface area contributed by atoms with E-state index in [0.29, 0.717) is 24.2 Å². The molecule has 2 aromatic rings. The van der Waals surface area contributed by atoms with E-state index in [1.807, 2.05) is 31.2 Å². The van der Waals surface area contributed by atoms with Crippen molar-refractivity contribution in [2.45, 2.75) is 31.9 Å². The molecule has 110 valence electrons. The van der Waals surface area contributed by atoms with Crippen molar-refractivity contribution >= 4 is 0 Å². The molecule has 4 rings (SSSR count). The molecule has 0 amide bonds. The number of β-amino-alcohol motifs (C(OH)–C–C–N with tert-alkyl or cyclic N) is 1. The molecule has 1 saturated carbocycles. The van der Waals surface area contributed by atoms with E-state index in [1.165, 1.54) is 18.4 Å². The zero-order valence-electron chi connectivity index (χ0n) is 12.1. The summed E-state index contributed by atoms with van der Waals surface area (Å²) >= 11 is 0. The molecule has 0 bridgehead atoms. The Morgan fingerprint density at radius 3 is 2.90 bits per heavy atom. The Kier molecular flexibility index (Phi) is 2.87. The van der Waals surface area contributed by atoms with Gasteiger partial charge in [0.25, 0.3) is 5.89 Å².